The fraction of sp³-hybridized carbons (Fsp3) is 0.0714. The first kappa shape index (κ1) is 20.2. The molecule has 0 radical (unpaired) electrons. The average molecular weight is 438 g/mol. The molecule has 4 aromatic carbocycles. The molecule has 0 saturated heterocycles. The van der Waals surface area contributed by atoms with Gasteiger partial charge in [-0.05, 0) is 53.1 Å². The summed E-state index contributed by atoms with van der Waals surface area (Å²) in [5.41, 5.74) is 5.77. The van der Waals surface area contributed by atoms with Gasteiger partial charge in [0.2, 0.25) is 0 Å². The molecule has 1 unspecified atom stereocenters. The molecule has 1 aliphatic carbocycles. The molecule has 5 rings (SSSR count). The van der Waals surface area contributed by atoms with Crippen LogP contribution in [0.15, 0.2) is 97.1 Å². The Morgan fingerprint density at radius 2 is 1.41 bits per heavy atom. The molecule has 0 aromatic heterocycles. The first-order valence-electron chi connectivity index (χ1n) is 10.5. The molecule has 0 spiro atoms. The van der Waals surface area contributed by atoms with Gasteiger partial charge in [-0.25, -0.2) is 0 Å². The SMILES string of the molecule is O=C(CC(Nc1ccc2c(c1)C(=O)c1ccccc1-2)c1ccccc1)c1ccc(Cl)cc1. The number of anilines is 1. The number of hydrogen-bond acceptors (Lipinski definition) is 3. The molecule has 1 aliphatic rings. The van der Waals surface area contributed by atoms with Gasteiger partial charge in [-0.15, -0.1) is 0 Å². The molecule has 3 nitrogen and oxygen atoms in total. The molecule has 0 aliphatic heterocycles. The number of hydrogen-bond donors (Lipinski definition) is 1. The number of ketones is 2. The van der Waals surface area contributed by atoms with Crippen LogP contribution in [0.25, 0.3) is 11.1 Å². The van der Waals surface area contributed by atoms with E-state index in [1.54, 1.807) is 24.3 Å². The van der Waals surface area contributed by atoms with E-state index in [4.69, 9.17) is 11.6 Å². The van der Waals surface area contributed by atoms with Crippen LogP contribution >= 0.6 is 11.6 Å². The van der Waals surface area contributed by atoms with E-state index in [0.29, 0.717) is 16.1 Å². The second-order valence-electron chi connectivity index (χ2n) is 7.88. The quantitative estimate of drug-likeness (QED) is 0.291. The Morgan fingerprint density at radius 3 is 2.16 bits per heavy atom. The second kappa shape index (κ2) is 8.45. The van der Waals surface area contributed by atoms with Crippen molar-refractivity contribution in [3.05, 3.63) is 124 Å². The number of carbonyl (C=O) groups excluding carboxylic acids is 2. The molecule has 4 heteroatoms. The molecule has 0 fully saturated rings. The first-order valence-corrected chi connectivity index (χ1v) is 10.9. The van der Waals surface area contributed by atoms with Crippen molar-refractivity contribution in [2.45, 2.75) is 12.5 Å². The lowest BCUT2D eigenvalue weighted by molar-refractivity contribution is 0.0975. The Hall–Kier alpha value is -3.69. The molecule has 1 N–H and O–H groups in total. The smallest absolute Gasteiger partial charge is 0.194 e. The Labute approximate surface area is 191 Å². The molecule has 0 amide bonds. The van der Waals surface area contributed by atoms with Crippen LogP contribution in [0, 0.1) is 0 Å². The van der Waals surface area contributed by atoms with E-state index in [1.807, 2.05) is 72.8 Å². The number of fused-ring (bicyclic) bond motifs is 3. The molecule has 32 heavy (non-hydrogen) atoms. The monoisotopic (exact) mass is 437 g/mol. The predicted octanol–water partition coefficient (Wildman–Crippen LogP) is 6.98. The molecule has 0 heterocycles. The van der Waals surface area contributed by atoms with Gasteiger partial charge in [0.25, 0.3) is 0 Å². The van der Waals surface area contributed by atoms with Crippen molar-refractivity contribution in [2.24, 2.45) is 0 Å². The summed E-state index contributed by atoms with van der Waals surface area (Å²) >= 11 is 5.97. The fourth-order valence-electron chi connectivity index (χ4n) is 4.20. The van der Waals surface area contributed by atoms with Crippen LogP contribution in [0.2, 0.25) is 5.02 Å². The normalized spacial score (nSPS) is 12.7. The maximum Gasteiger partial charge on any atom is 0.194 e. The van der Waals surface area contributed by atoms with Gasteiger partial charge in [-0.1, -0.05) is 72.3 Å². The van der Waals surface area contributed by atoms with E-state index in [9.17, 15) is 9.59 Å². The minimum absolute atomic E-state index is 0.0210. The highest BCUT2D eigenvalue weighted by Crippen LogP contribution is 2.38. The number of Topliss-reactive ketones (excluding diaryl/α,β-unsaturated/α-hetero) is 1. The summed E-state index contributed by atoms with van der Waals surface area (Å²) in [7, 11) is 0. The molecular formula is C28H20ClNO2. The highest BCUT2D eigenvalue weighted by molar-refractivity contribution is 6.30. The third-order valence-electron chi connectivity index (χ3n) is 5.82. The van der Waals surface area contributed by atoms with E-state index in [0.717, 1.165) is 27.9 Å². The Morgan fingerprint density at radius 1 is 0.750 bits per heavy atom. The van der Waals surface area contributed by atoms with Gasteiger partial charge < -0.3 is 5.32 Å². The number of benzene rings is 4. The third-order valence-corrected chi connectivity index (χ3v) is 6.08. The molecule has 1 atom stereocenters. The van der Waals surface area contributed by atoms with Gasteiger partial charge in [0.15, 0.2) is 11.6 Å². The summed E-state index contributed by atoms with van der Waals surface area (Å²) in [6, 6.07) is 30.1. The molecular weight excluding hydrogens is 418 g/mol. The number of nitrogens with one attached hydrogen (secondary N) is 1. The summed E-state index contributed by atoms with van der Waals surface area (Å²) in [5, 5.41) is 4.09. The van der Waals surface area contributed by atoms with E-state index in [-0.39, 0.29) is 24.0 Å². The minimum atomic E-state index is -0.240. The van der Waals surface area contributed by atoms with Crippen LogP contribution in [0.5, 0.6) is 0 Å². The van der Waals surface area contributed by atoms with E-state index >= 15 is 0 Å². The Balaban J connectivity index is 1.44. The summed E-state index contributed by atoms with van der Waals surface area (Å²) in [4.78, 5) is 25.9. The van der Waals surface area contributed by atoms with Crippen LogP contribution in [-0.2, 0) is 0 Å². The Kier molecular flexibility index (Phi) is 5.34. The largest absolute Gasteiger partial charge is 0.378 e. The summed E-state index contributed by atoms with van der Waals surface area (Å²) in [6.07, 6.45) is 0.275. The first-order chi connectivity index (χ1) is 15.6. The van der Waals surface area contributed by atoms with Crippen molar-refractivity contribution in [3.63, 3.8) is 0 Å². The van der Waals surface area contributed by atoms with Crippen molar-refractivity contribution in [1.82, 2.24) is 0 Å². The van der Waals surface area contributed by atoms with Crippen molar-refractivity contribution in [1.29, 1.82) is 0 Å². The number of rotatable bonds is 6. The molecule has 4 aromatic rings. The Bertz CT molecular complexity index is 1310. The van der Waals surface area contributed by atoms with Crippen LogP contribution in [-0.4, -0.2) is 11.6 Å². The van der Waals surface area contributed by atoms with Crippen molar-refractivity contribution in [2.75, 3.05) is 5.32 Å². The highest BCUT2D eigenvalue weighted by Gasteiger charge is 2.27. The van der Waals surface area contributed by atoms with Crippen molar-refractivity contribution in [3.8, 4) is 11.1 Å². The molecule has 0 bridgehead atoms. The van der Waals surface area contributed by atoms with Crippen molar-refractivity contribution < 1.29 is 9.59 Å². The lowest BCUT2D eigenvalue weighted by atomic mass is 9.97. The predicted molar refractivity (Wildman–Crippen MR) is 129 cm³/mol. The van der Waals surface area contributed by atoms with E-state index in [1.165, 1.54) is 0 Å². The van der Waals surface area contributed by atoms with Gasteiger partial charge in [0.1, 0.15) is 0 Å². The summed E-state index contributed by atoms with van der Waals surface area (Å²) in [6.45, 7) is 0. The van der Waals surface area contributed by atoms with Gasteiger partial charge >= 0.3 is 0 Å². The number of carbonyl (C=O) groups is 2. The zero-order valence-corrected chi connectivity index (χ0v) is 18.0. The fourth-order valence-corrected chi connectivity index (χ4v) is 4.32. The van der Waals surface area contributed by atoms with Gasteiger partial charge in [0, 0.05) is 33.8 Å². The standard InChI is InChI=1S/C28H20ClNO2/c29-20-12-10-19(11-13-20)27(31)17-26(18-6-2-1-3-7-18)30-21-14-15-23-22-8-4-5-9-24(22)28(32)25(23)16-21/h1-16,26,30H,17H2. The van der Waals surface area contributed by atoms with E-state index < -0.39 is 0 Å². The van der Waals surface area contributed by atoms with E-state index in [2.05, 4.69) is 5.32 Å². The maximum atomic E-state index is 13.0. The minimum Gasteiger partial charge on any atom is -0.378 e. The second-order valence-corrected chi connectivity index (χ2v) is 8.31. The average Bonchev–Trinajstić information content (AvgIpc) is 3.11. The zero-order valence-electron chi connectivity index (χ0n) is 17.2. The number of halogens is 1. The highest BCUT2D eigenvalue weighted by atomic mass is 35.5. The maximum absolute atomic E-state index is 13.0. The molecule has 0 saturated carbocycles. The van der Waals surface area contributed by atoms with Gasteiger partial charge in [-0.2, -0.15) is 0 Å². The van der Waals surface area contributed by atoms with Crippen LogP contribution in [0.4, 0.5) is 5.69 Å². The lowest BCUT2D eigenvalue weighted by Crippen LogP contribution is -2.16. The van der Waals surface area contributed by atoms with Gasteiger partial charge in [-0.3, -0.25) is 9.59 Å². The lowest BCUT2D eigenvalue weighted by Gasteiger charge is -2.20. The van der Waals surface area contributed by atoms with Gasteiger partial charge in [0.05, 0.1) is 6.04 Å². The molecule has 156 valence electrons. The zero-order chi connectivity index (χ0) is 22.1. The summed E-state index contributed by atoms with van der Waals surface area (Å²) in [5.74, 6) is 0.0559. The summed E-state index contributed by atoms with van der Waals surface area (Å²) < 4.78 is 0. The van der Waals surface area contributed by atoms with Crippen molar-refractivity contribution >= 4 is 28.9 Å². The third kappa shape index (κ3) is 3.83. The van der Waals surface area contributed by atoms with Crippen LogP contribution < -0.4 is 5.32 Å². The van der Waals surface area contributed by atoms with Crippen LogP contribution in [0.1, 0.15) is 44.3 Å². The van der Waals surface area contributed by atoms with Crippen LogP contribution in [0.3, 0.4) is 0 Å². The topological polar surface area (TPSA) is 46.2 Å².